The first-order valence-electron chi connectivity index (χ1n) is 13.3. The molecule has 0 bridgehead atoms. The van der Waals surface area contributed by atoms with Gasteiger partial charge in [-0.05, 0) is 74.4 Å². The molecule has 2 aliphatic rings. The zero-order valence-corrected chi connectivity index (χ0v) is 22.4. The van der Waals surface area contributed by atoms with Crippen molar-refractivity contribution in [3.05, 3.63) is 131 Å². The first-order valence-corrected chi connectivity index (χ1v) is 13.3. The van der Waals surface area contributed by atoms with E-state index in [9.17, 15) is 0 Å². The Morgan fingerprint density at radius 1 is 0.775 bits per heavy atom. The van der Waals surface area contributed by atoms with E-state index in [4.69, 9.17) is 15.1 Å². The Kier molecular flexibility index (Phi) is 5.59. The summed E-state index contributed by atoms with van der Waals surface area (Å²) in [5, 5.41) is 8.44. The van der Waals surface area contributed by atoms with Crippen LogP contribution in [0.1, 0.15) is 34.0 Å². The van der Waals surface area contributed by atoms with E-state index in [1.807, 2.05) is 84.4 Å². The molecule has 4 aromatic carbocycles. The second-order valence-corrected chi connectivity index (χ2v) is 10.2. The SMILES string of the molecule is Cc1ccc(NC2=Nc3ccccc3N3C2=Nc2c(c(C)nn2-c2ccccc2)[C@H]3c2ccccc2F)cc1C. The summed E-state index contributed by atoms with van der Waals surface area (Å²) in [6.45, 7) is 6.14. The molecule has 7 rings (SSSR count). The topological polar surface area (TPSA) is 57.8 Å². The Hall–Kier alpha value is -5.04. The van der Waals surface area contributed by atoms with Crippen molar-refractivity contribution in [2.24, 2.45) is 9.98 Å². The molecule has 196 valence electrons. The minimum atomic E-state index is -0.505. The lowest BCUT2D eigenvalue weighted by atomic mass is 9.93. The van der Waals surface area contributed by atoms with Crippen molar-refractivity contribution >= 4 is 34.6 Å². The van der Waals surface area contributed by atoms with Crippen LogP contribution in [0.4, 0.5) is 27.3 Å². The molecule has 0 saturated carbocycles. The number of hydrogen-bond donors (Lipinski definition) is 1. The van der Waals surface area contributed by atoms with Crippen LogP contribution < -0.4 is 10.2 Å². The number of hydrogen-bond acceptors (Lipinski definition) is 5. The second kappa shape index (κ2) is 9.31. The molecular formula is C33H27FN6. The highest BCUT2D eigenvalue weighted by molar-refractivity contribution is 6.51. The maximum atomic E-state index is 15.7. The Bertz CT molecular complexity index is 1840. The fourth-order valence-corrected chi connectivity index (χ4v) is 5.49. The third-order valence-electron chi connectivity index (χ3n) is 7.61. The maximum absolute atomic E-state index is 15.7. The summed E-state index contributed by atoms with van der Waals surface area (Å²) in [5.74, 6) is 1.58. The number of benzene rings is 4. The molecule has 6 nitrogen and oxygen atoms in total. The van der Waals surface area contributed by atoms with Crippen molar-refractivity contribution < 1.29 is 4.39 Å². The van der Waals surface area contributed by atoms with E-state index in [0.29, 0.717) is 23.1 Å². The number of nitrogens with one attached hydrogen (secondary N) is 1. The molecule has 3 heterocycles. The third kappa shape index (κ3) is 3.81. The van der Waals surface area contributed by atoms with Crippen LogP contribution in [-0.4, -0.2) is 21.5 Å². The molecule has 7 heteroatoms. The number of rotatable bonds is 3. The largest absolute Gasteiger partial charge is 0.337 e. The lowest BCUT2D eigenvalue weighted by Crippen LogP contribution is -2.46. The van der Waals surface area contributed by atoms with Crippen molar-refractivity contribution in [1.82, 2.24) is 9.78 Å². The van der Waals surface area contributed by atoms with Crippen LogP contribution in [0.25, 0.3) is 5.69 Å². The van der Waals surface area contributed by atoms with Gasteiger partial charge in [0, 0.05) is 16.8 Å². The number of para-hydroxylation sites is 3. The molecular weight excluding hydrogens is 499 g/mol. The van der Waals surface area contributed by atoms with Crippen molar-refractivity contribution in [2.75, 3.05) is 10.2 Å². The summed E-state index contributed by atoms with van der Waals surface area (Å²) >= 11 is 0. The molecule has 0 saturated heterocycles. The Morgan fingerprint density at radius 3 is 2.33 bits per heavy atom. The van der Waals surface area contributed by atoms with Gasteiger partial charge in [0.25, 0.3) is 0 Å². The molecule has 0 amide bonds. The van der Waals surface area contributed by atoms with Gasteiger partial charge in [0.2, 0.25) is 0 Å². The van der Waals surface area contributed by atoms with E-state index in [2.05, 4.69) is 36.2 Å². The molecule has 5 aromatic rings. The molecule has 1 aromatic heterocycles. The summed E-state index contributed by atoms with van der Waals surface area (Å²) in [6, 6.07) is 30.5. The predicted molar refractivity (Wildman–Crippen MR) is 159 cm³/mol. The average molecular weight is 527 g/mol. The molecule has 2 aliphatic heterocycles. The number of halogens is 1. The zero-order chi connectivity index (χ0) is 27.4. The van der Waals surface area contributed by atoms with Crippen LogP contribution in [-0.2, 0) is 0 Å². The van der Waals surface area contributed by atoms with Crippen LogP contribution in [0.5, 0.6) is 0 Å². The highest BCUT2D eigenvalue weighted by Gasteiger charge is 2.42. The number of aryl methyl sites for hydroxylation is 3. The van der Waals surface area contributed by atoms with Gasteiger partial charge in [-0.2, -0.15) is 5.10 Å². The smallest absolute Gasteiger partial charge is 0.179 e. The molecule has 0 fully saturated rings. The maximum Gasteiger partial charge on any atom is 0.179 e. The minimum absolute atomic E-state index is 0.282. The van der Waals surface area contributed by atoms with Crippen molar-refractivity contribution in [3.8, 4) is 5.69 Å². The lowest BCUT2D eigenvalue weighted by molar-refractivity contribution is 0.597. The summed E-state index contributed by atoms with van der Waals surface area (Å²) in [5.41, 5.74) is 8.02. The van der Waals surface area contributed by atoms with Gasteiger partial charge >= 0.3 is 0 Å². The van der Waals surface area contributed by atoms with Crippen LogP contribution in [0.3, 0.4) is 0 Å². The van der Waals surface area contributed by atoms with Crippen molar-refractivity contribution in [2.45, 2.75) is 26.8 Å². The van der Waals surface area contributed by atoms with Gasteiger partial charge in [-0.25, -0.2) is 19.1 Å². The van der Waals surface area contributed by atoms with Gasteiger partial charge in [0.15, 0.2) is 17.5 Å². The van der Waals surface area contributed by atoms with Gasteiger partial charge in [-0.15, -0.1) is 0 Å². The molecule has 1 atom stereocenters. The van der Waals surface area contributed by atoms with E-state index < -0.39 is 6.04 Å². The predicted octanol–water partition coefficient (Wildman–Crippen LogP) is 7.73. The average Bonchev–Trinajstić information content (AvgIpc) is 3.31. The third-order valence-corrected chi connectivity index (χ3v) is 7.61. The van der Waals surface area contributed by atoms with Gasteiger partial charge in [-0.3, -0.25) is 0 Å². The van der Waals surface area contributed by atoms with Crippen LogP contribution in [0.15, 0.2) is 107 Å². The fourth-order valence-electron chi connectivity index (χ4n) is 5.49. The van der Waals surface area contributed by atoms with Crippen LogP contribution >= 0.6 is 0 Å². The van der Waals surface area contributed by atoms with Crippen molar-refractivity contribution in [3.63, 3.8) is 0 Å². The molecule has 0 unspecified atom stereocenters. The van der Waals surface area contributed by atoms with Crippen molar-refractivity contribution in [1.29, 1.82) is 0 Å². The minimum Gasteiger partial charge on any atom is -0.337 e. The number of amidine groups is 2. The first-order chi connectivity index (χ1) is 19.5. The number of aromatic nitrogens is 2. The highest BCUT2D eigenvalue weighted by atomic mass is 19.1. The van der Waals surface area contributed by atoms with Gasteiger partial charge in [0.05, 0.1) is 28.8 Å². The van der Waals surface area contributed by atoms with E-state index in [0.717, 1.165) is 34.0 Å². The van der Waals surface area contributed by atoms with E-state index in [1.54, 1.807) is 6.07 Å². The number of aliphatic imine (C=N–C) groups is 2. The first kappa shape index (κ1) is 24.0. The van der Waals surface area contributed by atoms with Gasteiger partial charge < -0.3 is 10.2 Å². The Labute approximate surface area is 232 Å². The Morgan fingerprint density at radius 2 is 1.52 bits per heavy atom. The van der Waals surface area contributed by atoms with Gasteiger partial charge in [-0.1, -0.05) is 54.6 Å². The monoisotopic (exact) mass is 526 g/mol. The molecule has 1 N–H and O–H groups in total. The number of nitrogens with zero attached hydrogens (tertiary/aromatic N) is 5. The quantitative estimate of drug-likeness (QED) is 0.262. The van der Waals surface area contributed by atoms with E-state index >= 15 is 4.39 Å². The molecule has 0 aliphatic carbocycles. The zero-order valence-electron chi connectivity index (χ0n) is 22.4. The summed E-state index contributed by atoms with van der Waals surface area (Å²) in [7, 11) is 0. The number of anilines is 2. The molecule has 40 heavy (non-hydrogen) atoms. The van der Waals surface area contributed by atoms with E-state index in [-0.39, 0.29) is 5.82 Å². The number of fused-ring (bicyclic) bond motifs is 4. The molecule has 0 spiro atoms. The highest BCUT2D eigenvalue weighted by Crippen LogP contribution is 2.48. The van der Waals surface area contributed by atoms with Gasteiger partial charge in [0.1, 0.15) is 5.82 Å². The normalized spacial score (nSPS) is 15.5. The lowest BCUT2D eigenvalue weighted by Gasteiger charge is -2.40. The summed E-state index contributed by atoms with van der Waals surface area (Å²) in [4.78, 5) is 12.3. The van der Waals surface area contributed by atoms with E-state index in [1.165, 1.54) is 17.2 Å². The standard InChI is InChI=1S/C33H27FN6/c1-20-17-18-23(19-21(20)2)35-31-33-37-32-29(22(3)38-40(32)24-11-5-4-6-12-24)30(25-13-7-8-14-26(25)34)39(33)28-16-10-9-15-27(28)36-31/h4-19,30H,1-3H3,(H,35,36)/t30-/m1/s1. The summed E-state index contributed by atoms with van der Waals surface area (Å²) < 4.78 is 17.5. The van der Waals surface area contributed by atoms with Crippen LogP contribution in [0, 0.1) is 26.6 Å². The second-order valence-electron chi connectivity index (χ2n) is 10.2. The molecule has 0 radical (unpaired) electrons. The van der Waals surface area contributed by atoms with Crippen LogP contribution in [0.2, 0.25) is 0 Å². The Balaban J connectivity index is 1.50. The summed E-state index contributed by atoms with van der Waals surface area (Å²) in [6.07, 6.45) is 0. The fraction of sp³-hybridized carbons (Fsp3) is 0.121.